The number of aliphatic imine (C=N–C) groups is 2. The van der Waals surface area contributed by atoms with Gasteiger partial charge in [0.1, 0.15) is 5.84 Å². The average molecular weight is 375 g/mol. The van der Waals surface area contributed by atoms with Gasteiger partial charge in [0.15, 0.2) is 0 Å². The van der Waals surface area contributed by atoms with Crippen LogP contribution < -0.4 is 16.4 Å². The number of halogens is 3. The summed E-state index contributed by atoms with van der Waals surface area (Å²) < 4.78 is 0. The van der Waals surface area contributed by atoms with E-state index in [9.17, 15) is 0 Å². The minimum atomic E-state index is 0.437. The van der Waals surface area contributed by atoms with Gasteiger partial charge < -0.3 is 16.4 Å². The van der Waals surface area contributed by atoms with Gasteiger partial charge in [-0.15, -0.1) is 0 Å². The Balaban J connectivity index is 2.08. The Labute approximate surface area is 150 Å². The van der Waals surface area contributed by atoms with Crippen molar-refractivity contribution in [3.05, 3.63) is 39.4 Å². The summed E-state index contributed by atoms with van der Waals surface area (Å²) in [5, 5.41) is 7.92. The van der Waals surface area contributed by atoms with Gasteiger partial charge in [-0.3, -0.25) is 0 Å². The molecule has 0 fully saturated rings. The van der Waals surface area contributed by atoms with Crippen molar-refractivity contribution in [1.82, 2.24) is 5.32 Å². The molecule has 1 aliphatic heterocycles. The van der Waals surface area contributed by atoms with E-state index in [2.05, 4.69) is 20.6 Å². The van der Waals surface area contributed by atoms with E-state index in [1.807, 2.05) is 0 Å². The number of hydrogen-bond acceptors (Lipinski definition) is 5. The largest absolute Gasteiger partial charge is 0.369 e. The zero-order valence-corrected chi connectivity index (χ0v) is 14.7. The second-order valence-corrected chi connectivity index (χ2v) is 6.16. The first-order valence-electron chi connectivity index (χ1n) is 7.24. The number of nitrogens with one attached hydrogen (secondary N) is 2. The first-order chi connectivity index (χ1) is 11.1. The predicted octanol–water partition coefficient (Wildman–Crippen LogP) is 3.62. The smallest absolute Gasteiger partial charge is 0.224 e. The molecule has 0 amide bonds. The maximum Gasteiger partial charge on any atom is 0.224 e. The molecule has 5 nitrogen and oxygen atoms in total. The lowest BCUT2D eigenvalue weighted by Crippen LogP contribution is -2.27. The summed E-state index contributed by atoms with van der Waals surface area (Å²) >= 11 is 18.2. The summed E-state index contributed by atoms with van der Waals surface area (Å²) in [4.78, 5) is 8.77. The highest BCUT2D eigenvalue weighted by Gasteiger charge is 2.10. The van der Waals surface area contributed by atoms with Crippen molar-refractivity contribution >= 4 is 52.3 Å². The summed E-state index contributed by atoms with van der Waals surface area (Å²) in [7, 11) is 0. The lowest BCUT2D eigenvalue weighted by Gasteiger charge is -2.10. The van der Waals surface area contributed by atoms with Crippen LogP contribution in [0.25, 0.3) is 0 Å². The first-order valence-corrected chi connectivity index (χ1v) is 8.38. The van der Waals surface area contributed by atoms with Crippen LogP contribution in [0.1, 0.15) is 12.8 Å². The zero-order chi connectivity index (χ0) is 16.7. The molecule has 1 heterocycles. The Bertz CT molecular complexity index is 620. The maximum atomic E-state index is 6.22. The predicted molar refractivity (Wildman–Crippen MR) is 100 cm³/mol. The van der Waals surface area contributed by atoms with E-state index in [4.69, 9.17) is 40.5 Å². The number of rotatable bonds is 5. The molecular weight excluding hydrogens is 357 g/mol. The number of amidine groups is 1. The molecule has 0 spiro atoms. The van der Waals surface area contributed by atoms with Crippen LogP contribution in [0, 0.1) is 0 Å². The molecule has 4 N–H and O–H groups in total. The Hall–Kier alpha value is -1.27. The summed E-state index contributed by atoms with van der Waals surface area (Å²) in [5.74, 6) is 1.03. The minimum absolute atomic E-state index is 0.437. The van der Waals surface area contributed by atoms with Crippen molar-refractivity contribution in [3.8, 4) is 0 Å². The van der Waals surface area contributed by atoms with Crippen molar-refractivity contribution in [2.45, 2.75) is 12.8 Å². The molecule has 0 saturated heterocycles. The van der Waals surface area contributed by atoms with Gasteiger partial charge in [-0.25, -0.2) is 4.99 Å². The molecule has 2 rings (SSSR count). The van der Waals surface area contributed by atoms with Crippen LogP contribution in [-0.2, 0) is 0 Å². The van der Waals surface area contributed by atoms with Crippen molar-refractivity contribution in [2.75, 3.05) is 25.0 Å². The number of guanidine groups is 1. The quantitative estimate of drug-likeness (QED) is 0.689. The van der Waals surface area contributed by atoms with E-state index in [1.54, 1.807) is 24.3 Å². The van der Waals surface area contributed by atoms with Crippen molar-refractivity contribution in [2.24, 2.45) is 15.7 Å². The molecule has 0 aromatic heterocycles. The molecule has 0 radical (unpaired) electrons. The molecule has 0 aliphatic carbocycles. The van der Waals surface area contributed by atoms with E-state index in [0.717, 1.165) is 19.4 Å². The van der Waals surface area contributed by atoms with Crippen LogP contribution >= 0.6 is 34.8 Å². The lowest BCUT2D eigenvalue weighted by molar-refractivity contribution is 0.718. The Morgan fingerprint density at radius 3 is 2.52 bits per heavy atom. The van der Waals surface area contributed by atoms with Gasteiger partial charge in [-0.05, 0) is 43.7 Å². The van der Waals surface area contributed by atoms with E-state index in [1.165, 1.54) is 0 Å². The fourth-order valence-electron chi connectivity index (χ4n) is 1.93. The second-order valence-electron chi connectivity index (χ2n) is 4.88. The molecule has 124 valence electrons. The molecule has 0 saturated carbocycles. The van der Waals surface area contributed by atoms with Gasteiger partial charge in [0, 0.05) is 22.3 Å². The number of nitrogens with two attached hydrogens (primary N) is 1. The van der Waals surface area contributed by atoms with Gasteiger partial charge in [0.25, 0.3) is 0 Å². The third kappa shape index (κ3) is 6.03. The van der Waals surface area contributed by atoms with Crippen molar-refractivity contribution in [1.29, 1.82) is 0 Å². The number of nitrogens with zero attached hydrogens (tertiary/aromatic N) is 2. The van der Waals surface area contributed by atoms with Crippen LogP contribution in [0.2, 0.25) is 10.0 Å². The highest BCUT2D eigenvalue weighted by molar-refractivity contribution is 6.44. The molecule has 0 atom stereocenters. The van der Waals surface area contributed by atoms with Crippen LogP contribution in [0.3, 0.4) is 0 Å². The second kappa shape index (κ2) is 9.13. The lowest BCUT2D eigenvalue weighted by atomic mass is 10.3. The molecule has 1 aromatic rings. The molecule has 1 aliphatic rings. The SMILES string of the molecule is NCCCCNC1=NC(Nc2cc(Cl)cc(Cl)c2)=NCC=C1Cl. The highest BCUT2D eigenvalue weighted by atomic mass is 35.5. The third-order valence-electron chi connectivity index (χ3n) is 3.00. The van der Waals surface area contributed by atoms with E-state index < -0.39 is 0 Å². The van der Waals surface area contributed by atoms with Gasteiger partial charge in [0.2, 0.25) is 5.96 Å². The number of benzene rings is 1. The summed E-state index contributed by atoms with van der Waals surface area (Å²) in [6.07, 6.45) is 3.70. The topological polar surface area (TPSA) is 74.8 Å². The summed E-state index contributed by atoms with van der Waals surface area (Å²) in [5.41, 5.74) is 6.20. The third-order valence-corrected chi connectivity index (χ3v) is 3.77. The average Bonchev–Trinajstić information content (AvgIpc) is 2.65. The molecule has 23 heavy (non-hydrogen) atoms. The molecule has 8 heteroatoms. The molecular formula is C15H18Cl3N5. The van der Waals surface area contributed by atoms with Crippen molar-refractivity contribution in [3.63, 3.8) is 0 Å². The summed E-state index contributed by atoms with van der Waals surface area (Å²) in [6.45, 7) is 1.85. The van der Waals surface area contributed by atoms with Crippen LogP contribution in [0.5, 0.6) is 0 Å². The van der Waals surface area contributed by atoms with Gasteiger partial charge in [-0.2, -0.15) is 4.99 Å². The fourth-order valence-corrected chi connectivity index (χ4v) is 2.63. The monoisotopic (exact) mass is 373 g/mol. The Morgan fingerprint density at radius 2 is 1.83 bits per heavy atom. The number of anilines is 1. The van der Waals surface area contributed by atoms with E-state index in [-0.39, 0.29) is 0 Å². The highest BCUT2D eigenvalue weighted by Crippen LogP contribution is 2.22. The van der Waals surface area contributed by atoms with Gasteiger partial charge in [-0.1, -0.05) is 34.8 Å². The zero-order valence-electron chi connectivity index (χ0n) is 12.5. The van der Waals surface area contributed by atoms with Crippen LogP contribution in [0.15, 0.2) is 39.3 Å². The molecule has 0 bridgehead atoms. The van der Waals surface area contributed by atoms with Gasteiger partial charge >= 0.3 is 0 Å². The van der Waals surface area contributed by atoms with Crippen molar-refractivity contribution < 1.29 is 0 Å². The van der Waals surface area contributed by atoms with Crippen LogP contribution in [-0.4, -0.2) is 31.4 Å². The molecule has 1 aromatic carbocycles. The fraction of sp³-hybridized carbons (Fsp3) is 0.333. The minimum Gasteiger partial charge on any atom is -0.369 e. The van der Waals surface area contributed by atoms with Crippen LogP contribution in [0.4, 0.5) is 5.69 Å². The standard InChI is InChI=1S/C15H18Cl3N5/c16-10-7-11(17)9-12(8-10)22-15-21-6-3-13(18)14(23-15)20-5-2-1-4-19/h3,7-9H,1-2,4-6,19H2,(H2,20,21,22,23). The summed E-state index contributed by atoms with van der Waals surface area (Å²) in [6, 6.07) is 5.16. The normalized spacial score (nSPS) is 14.5. The van der Waals surface area contributed by atoms with Gasteiger partial charge in [0.05, 0.1) is 11.6 Å². The maximum absolute atomic E-state index is 6.22. The number of unbranched alkanes of at least 4 members (excludes halogenated alkanes) is 1. The van der Waals surface area contributed by atoms with E-state index in [0.29, 0.717) is 45.6 Å². The number of hydrogen-bond donors (Lipinski definition) is 3. The Morgan fingerprint density at radius 1 is 1.09 bits per heavy atom. The first kappa shape index (κ1) is 18.1. The Kier molecular flexibility index (Phi) is 7.17. The van der Waals surface area contributed by atoms with E-state index >= 15 is 0 Å². The molecule has 0 unspecified atom stereocenters.